The summed E-state index contributed by atoms with van der Waals surface area (Å²) in [5, 5.41) is 4.19. The molecule has 2 aromatic carbocycles. The Bertz CT molecular complexity index is 1770. The molecule has 5 rings (SSSR count). The molecule has 0 aliphatic carbocycles. The number of ether oxygens (including phenoxy) is 1. The fourth-order valence-electron chi connectivity index (χ4n) is 4.37. The first kappa shape index (κ1) is 25.3. The van der Waals surface area contributed by atoms with Gasteiger partial charge < -0.3 is 15.8 Å². The van der Waals surface area contributed by atoms with Crippen LogP contribution in [0, 0.1) is 6.57 Å². The first-order valence-electron chi connectivity index (χ1n) is 11.8. The van der Waals surface area contributed by atoms with E-state index in [1.165, 1.54) is 24.7 Å². The zero-order chi connectivity index (χ0) is 27.5. The topological polar surface area (TPSA) is 112 Å². The van der Waals surface area contributed by atoms with E-state index in [2.05, 4.69) is 29.9 Å². The standard InChI is InChI=1S/C28H21F2N7O2/c1-16(35-25-22(32-2)15-34-28(31)36-25)23-12-17-7-6-10-21(18-11-20(14-33-13-18)39-27(29)30)24(17)26(38)37(23)19-8-4-3-5-9-19/h3-16,27H,1H3,(H3,31,34,35,36)/t16-/m0/s1. The van der Waals surface area contributed by atoms with Gasteiger partial charge in [-0.25, -0.2) is 14.8 Å². The Morgan fingerprint density at radius 3 is 2.62 bits per heavy atom. The van der Waals surface area contributed by atoms with Crippen LogP contribution in [0.25, 0.3) is 32.4 Å². The van der Waals surface area contributed by atoms with Crippen LogP contribution in [0.4, 0.5) is 26.2 Å². The molecular weight excluding hydrogens is 504 g/mol. The van der Waals surface area contributed by atoms with Gasteiger partial charge in [-0.3, -0.25) is 14.3 Å². The van der Waals surface area contributed by atoms with Gasteiger partial charge in [0, 0.05) is 29.3 Å². The highest BCUT2D eigenvalue weighted by molar-refractivity contribution is 5.96. The summed E-state index contributed by atoms with van der Waals surface area (Å²) < 4.78 is 31.7. The number of nitrogens with two attached hydrogens (primary N) is 1. The number of halogens is 2. The molecule has 0 radical (unpaired) electrons. The summed E-state index contributed by atoms with van der Waals surface area (Å²) in [5.41, 5.74) is 7.78. The quantitative estimate of drug-likeness (QED) is 0.260. The van der Waals surface area contributed by atoms with Gasteiger partial charge in [-0.1, -0.05) is 36.4 Å². The molecule has 3 N–H and O–H groups in total. The van der Waals surface area contributed by atoms with E-state index in [-0.39, 0.29) is 28.8 Å². The molecule has 5 aromatic rings. The maximum Gasteiger partial charge on any atom is 0.387 e. The number of nitrogens with one attached hydrogen (secondary N) is 1. The number of hydrogen-bond acceptors (Lipinski definition) is 7. The van der Waals surface area contributed by atoms with E-state index in [9.17, 15) is 13.6 Å². The third-order valence-electron chi connectivity index (χ3n) is 6.04. The highest BCUT2D eigenvalue weighted by Crippen LogP contribution is 2.32. The summed E-state index contributed by atoms with van der Waals surface area (Å²) in [6, 6.07) is 17.2. The van der Waals surface area contributed by atoms with E-state index in [0.717, 1.165) is 0 Å². The Morgan fingerprint density at radius 1 is 1.08 bits per heavy atom. The molecule has 0 aliphatic heterocycles. The van der Waals surface area contributed by atoms with Crippen LogP contribution in [0.1, 0.15) is 18.7 Å². The molecule has 0 spiro atoms. The van der Waals surface area contributed by atoms with Gasteiger partial charge in [-0.15, -0.1) is 0 Å². The number of aromatic nitrogens is 4. The average Bonchev–Trinajstić information content (AvgIpc) is 2.93. The van der Waals surface area contributed by atoms with Crippen LogP contribution in [-0.4, -0.2) is 26.1 Å². The van der Waals surface area contributed by atoms with Crippen molar-refractivity contribution < 1.29 is 13.5 Å². The van der Waals surface area contributed by atoms with E-state index >= 15 is 0 Å². The van der Waals surface area contributed by atoms with E-state index in [1.54, 1.807) is 34.9 Å². The van der Waals surface area contributed by atoms with Crippen molar-refractivity contribution in [3.8, 4) is 22.6 Å². The second-order valence-corrected chi connectivity index (χ2v) is 8.54. The Kier molecular flexibility index (Phi) is 6.84. The van der Waals surface area contributed by atoms with Gasteiger partial charge in [0.15, 0.2) is 0 Å². The smallest absolute Gasteiger partial charge is 0.387 e. The third-order valence-corrected chi connectivity index (χ3v) is 6.04. The second kappa shape index (κ2) is 10.5. The van der Waals surface area contributed by atoms with Crippen molar-refractivity contribution in [3.63, 3.8) is 0 Å². The summed E-state index contributed by atoms with van der Waals surface area (Å²) in [4.78, 5) is 29.7. The third kappa shape index (κ3) is 5.08. The molecule has 0 saturated heterocycles. The minimum absolute atomic E-state index is 0.00682. The number of fused-ring (bicyclic) bond motifs is 1. The summed E-state index contributed by atoms with van der Waals surface area (Å²) in [6.07, 6.45) is 4.01. The van der Waals surface area contributed by atoms with Gasteiger partial charge in [0.2, 0.25) is 11.6 Å². The van der Waals surface area contributed by atoms with E-state index in [0.29, 0.717) is 33.3 Å². The zero-order valence-corrected chi connectivity index (χ0v) is 20.5. The molecule has 0 amide bonds. The summed E-state index contributed by atoms with van der Waals surface area (Å²) in [6.45, 7) is 6.27. The lowest BCUT2D eigenvalue weighted by atomic mass is 9.98. The summed E-state index contributed by atoms with van der Waals surface area (Å²) in [5.74, 6) is 0.136. The molecule has 0 aliphatic rings. The fraction of sp³-hybridized carbons (Fsp3) is 0.107. The Hall–Kier alpha value is -5.37. The number of hydrogen-bond donors (Lipinski definition) is 2. The number of benzene rings is 2. The number of alkyl halides is 2. The van der Waals surface area contributed by atoms with Crippen LogP contribution in [0.5, 0.6) is 5.75 Å². The Balaban J connectivity index is 1.72. The maximum atomic E-state index is 14.2. The van der Waals surface area contributed by atoms with Crippen LogP contribution in [0.3, 0.4) is 0 Å². The van der Waals surface area contributed by atoms with Crippen molar-refractivity contribution in [2.24, 2.45) is 0 Å². The molecule has 0 fully saturated rings. The number of rotatable bonds is 7. The highest BCUT2D eigenvalue weighted by Gasteiger charge is 2.20. The molecule has 9 nitrogen and oxygen atoms in total. The lowest BCUT2D eigenvalue weighted by Crippen LogP contribution is -2.26. The van der Waals surface area contributed by atoms with Gasteiger partial charge in [0.05, 0.1) is 24.2 Å². The largest absolute Gasteiger partial charge is 0.433 e. The van der Waals surface area contributed by atoms with Crippen LogP contribution >= 0.6 is 0 Å². The lowest BCUT2D eigenvalue weighted by molar-refractivity contribution is -0.0500. The van der Waals surface area contributed by atoms with Gasteiger partial charge in [-0.2, -0.15) is 8.78 Å². The fourth-order valence-corrected chi connectivity index (χ4v) is 4.37. The molecule has 11 heteroatoms. The SMILES string of the molecule is [C-]#[N+]c1cnc(N)nc1N[C@@H](C)c1cc2cccc(-c3cncc(OC(F)F)c3)c2c(=O)n1-c1ccccc1. The van der Waals surface area contributed by atoms with Gasteiger partial charge in [0.1, 0.15) is 11.6 Å². The van der Waals surface area contributed by atoms with Crippen LogP contribution < -0.4 is 21.3 Å². The van der Waals surface area contributed by atoms with Gasteiger partial charge in [-0.05, 0) is 42.1 Å². The minimum atomic E-state index is -3.00. The lowest BCUT2D eigenvalue weighted by Gasteiger charge is -2.22. The normalized spacial score (nSPS) is 11.8. The van der Waals surface area contributed by atoms with Crippen molar-refractivity contribution in [2.45, 2.75) is 19.6 Å². The molecule has 3 heterocycles. The van der Waals surface area contributed by atoms with Crippen molar-refractivity contribution in [3.05, 3.63) is 107 Å². The number of para-hydroxylation sites is 1. The van der Waals surface area contributed by atoms with E-state index in [1.807, 2.05) is 31.2 Å². The highest BCUT2D eigenvalue weighted by atomic mass is 19.3. The molecule has 3 aromatic heterocycles. The van der Waals surface area contributed by atoms with Crippen molar-refractivity contribution in [1.29, 1.82) is 0 Å². The number of anilines is 2. The Labute approximate surface area is 221 Å². The number of nitrogens with zero attached hydrogens (tertiary/aromatic N) is 5. The van der Waals surface area contributed by atoms with Gasteiger partial charge >= 0.3 is 6.61 Å². The summed E-state index contributed by atoms with van der Waals surface area (Å²) >= 11 is 0. The van der Waals surface area contributed by atoms with Crippen LogP contribution in [0.2, 0.25) is 0 Å². The maximum absolute atomic E-state index is 14.2. The molecule has 0 saturated carbocycles. The van der Waals surface area contributed by atoms with Crippen molar-refractivity contribution in [2.75, 3.05) is 11.1 Å². The number of pyridine rings is 2. The minimum Gasteiger partial charge on any atom is -0.433 e. The van der Waals surface area contributed by atoms with Gasteiger partial charge in [0.25, 0.3) is 5.56 Å². The molecule has 0 bridgehead atoms. The van der Waals surface area contributed by atoms with E-state index < -0.39 is 12.7 Å². The van der Waals surface area contributed by atoms with E-state index in [4.69, 9.17) is 12.3 Å². The predicted octanol–water partition coefficient (Wildman–Crippen LogP) is 5.75. The molecule has 194 valence electrons. The predicted molar refractivity (Wildman–Crippen MR) is 144 cm³/mol. The molecule has 0 unspecified atom stereocenters. The molecule has 39 heavy (non-hydrogen) atoms. The monoisotopic (exact) mass is 525 g/mol. The van der Waals surface area contributed by atoms with Crippen LogP contribution in [-0.2, 0) is 0 Å². The van der Waals surface area contributed by atoms with Crippen molar-refractivity contribution in [1.82, 2.24) is 19.5 Å². The summed E-state index contributed by atoms with van der Waals surface area (Å²) in [7, 11) is 0. The van der Waals surface area contributed by atoms with Crippen molar-refractivity contribution >= 4 is 28.2 Å². The second-order valence-electron chi connectivity index (χ2n) is 8.54. The molecule has 1 atom stereocenters. The Morgan fingerprint density at radius 2 is 1.87 bits per heavy atom. The first-order valence-corrected chi connectivity index (χ1v) is 11.8. The first-order chi connectivity index (χ1) is 18.9. The number of nitrogen functional groups attached to an aromatic ring is 1. The van der Waals surface area contributed by atoms with Crippen LogP contribution in [0.15, 0.2) is 84.0 Å². The molecular formula is C28H21F2N7O2. The zero-order valence-electron chi connectivity index (χ0n) is 20.5. The average molecular weight is 526 g/mol.